The molecule has 2 aromatic rings. The fraction of sp³-hybridized carbons (Fsp3) is 0.682. The maximum atomic E-state index is 7.52. The number of benzene rings is 1. The largest absolute Gasteiger partial charge is 0.491 e. The number of hydrogen-bond acceptors (Lipinski definition) is 6. The number of ether oxygens (including phenoxy) is 1. The number of fused-ring (bicyclic) bond motifs is 1. The van der Waals surface area contributed by atoms with Crippen molar-refractivity contribution in [1.29, 1.82) is 5.53 Å². The Hall–Kier alpha value is -1.69. The molecule has 0 atom stereocenters. The van der Waals surface area contributed by atoms with E-state index in [1.165, 1.54) is 64.2 Å². The molecule has 154 valence electrons. The first kappa shape index (κ1) is 21.0. The average Bonchev–Trinajstić information content (AvgIpc) is 3.15. The Morgan fingerprint density at radius 3 is 2.64 bits per heavy atom. The molecule has 1 aliphatic carbocycles. The number of nitrogens with one attached hydrogen (secondary N) is 1. The molecule has 1 fully saturated rings. The summed E-state index contributed by atoms with van der Waals surface area (Å²) in [6.07, 6.45) is 13.9. The second-order valence-electron chi connectivity index (χ2n) is 7.91. The lowest BCUT2D eigenvalue weighted by atomic mass is 9.95. The van der Waals surface area contributed by atoms with Crippen LogP contribution in [0.15, 0.2) is 17.2 Å². The summed E-state index contributed by atoms with van der Waals surface area (Å²) >= 11 is 1.69. The van der Waals surface area contributed by atoms with Crippen molar-refractivity contribution in [3.63, 3.8) is 0 Å². The van der Waals surface area contributed by atoms with E-state index < -0.39 is 0 Å². The maximum Gasteiger partial charge on any atom is 0.186 e. The highest BCUT2D eigenvalue weighted by Crippen LogP contribution is 2.38. The zero-order chi connectivity index (χ0) is 19.8. The van der Waals surface area contributed by atoms with Crippen molar-refractivity contribution < 1.29 is 4.74 Å². The molecule has 0 radical (unpaired) electrons. The fourth-order valence-electron chi connectivity index (χ4n) is 3.97. The van der Waals surface area contributed by atoms with Gasteiger partial charge in [0, 0.05) is 19.2 Å². The molecule has 1 heterocycles. The van der Waals surface area contributed by atoms with Crippen LogP contribution < -0.4 is 9.64 Å². The third-order valence-corrected chi connectivity index (χ3v) is 6.87. The Kier molecular flexibility index (Phi) is 8.07. The molecule has 0 saturated heterocycles. The van der Waals surface area contributed by atoms with Gasteiger partial charge in [0.25, 0.3) is 0 Å². The quantitative estimate of drug-likeness (QED) is 0.313. The Morgan fingerprint density at radius 2 is 1.89 bits per heavy atom. The molecule has 5 nitrogen and oxygen atoms in total. The smallest absolute Gasteiger partial charge is 0.186 e. The minimum Gasteiger partial charge on any atom is -0.491 e. The lowest BCUT2D eigenvalue weighted by molar-refractivity contribution is 0.305. The van der Waals surface area contributed by atoms with Crippen molar-refractivity contribution in [2.75, 3.05) is 18.6 Å². The molecule has 28 heavy (non-hydrogen) atoms. The van der Waals surface area contributed by atoms with E-state index in [0.29, 0.717) is 24.1 Å². The molecule has 0 bridgehead atoms. The van der Waals surface area contributed by atoms with Crippen LogP contribution in [-0.4, -0.2) is 24.7 Å². The van der Waals surface area contributed by atoms with Crippen LogP contribution >= 0.6 is 11.3 Å². The lowest BCUT2D eigenvalue weighted by Crippen LogP contribution is -2.33. The van der Waals surface area contributed by atoms with Gasteiger partial charge in [-0.3, -0.25) is 0 Å². The summed E-state index contributed by atoms with van der Waals surface area (Å²) in [7, 11) is 2.17. The van der Waals surface area contributed by atoms with Crippen LogP contribution in [0.4, 0.5) is 10.8 Å². The van der Waals surface area contributed by atoms with E-state index >= 15 is 0 Å². The highest BCUT2D eigenvalue weighted by atomic mass is 32.1. The number of aromatic nitrogens is 1. The number of rotatable bonds is 11. The summed E-state index contributed by atoms with van der Waals surface area (Å²) in [5.74, 6) is 0.688. The van der Waals surface area contributed by atoms with Gasteiger partial charge in [0.1, 0.15) is 11.4 Å². The summed E-state index contributed by atoms with van der Waals surface area (Å²) in [6.45, 7) is 2.92. The average molecular weight is 403 g/mol. The van der Waals surface area contributed by atoms with Crippen molar-refractivity contribution in [2.24, 2.45) is 5.11 Å². The molecule has 1 aromatic carbocycles. The molecule has 0 amide bonds. The Morgan fingerprint density at radius 1 is 1.14 bits per heavy atom. The Bertz CT molecular complexity index is 754. The van der Waals surface area contributed by atoms with Crippen molar-refractivity contribution in [2.45, 2.75) is 83.6 Å². The topological polar surface area (TPSA) is 61.6 Å². The monoisotopic (exact) mass is 402 g/mol. The highest BCUT2D eigenvalue weighted by molar-refractivity contribution is 7.22. The number of thiazole rings is 1. The van der Waals surface area contributed by atoms with E-state index in [9.17, 15) is 0 Å². The van der Waals surface area contributed by atoms with E-state index in [2.05, 4.69) is 24.0 Å². The van der Waals surface area contributed by atoms with Gasteiger partial charge < -0.3 is 9.64 Å². The van der Waals surface area contributed by atoms with Crippen molar-refractivity contribution in [3.8, 4) is 5.75 Å². The zero-order valence-electron chi connectivity index (χ0n) is 17.4. The van der Waals surface area contributed by atoms with Crippen molar-refractivity contribution in [1.82, 2.24) is 4.98 Å². The van der Waals surface area contributed by atoms with Crippen molar-refractivity contribution >= 4 is 32.4 Å². The molecule has 1 aromatic heterocycles. The molecule has 0 unspecified atom stereocenters. The standard InChI is InChI=1S/C22H34N4OS/c1-3-4-5-6-7-11-14-27-20-15-19-21(16-18(20)25-23)28-22(24-19)26(2)17-12-9-8-10-13-17/h15-17,23H,3-14H2,1-2H3. The summed E-state index contributed by atoms with van der Waals surface area (Å²) in [5, 5.41) is 4.76. The number of hydrogen-bond donors (Lipinski definition) is 1. The Balaban J connectivity index is 1.64. The molecule has 0 aliphatic heterocycles. The minimum absolute atomic E-state index is 0.595. The van der Waals surface area contributed by atoms with Gasteiger partial charge in [-0.2, -0.15) is 5.11 Å². The molecule has 1 N–H and O–H groups in total. The molecule has 3 rings (SSSR count). The third kappa shape index (κ3) is 5.43. The van der Waals surface area contributed by atoms with Gasteiger partial charge in [-0.05, 0) is 25.3 Å². The summed E-state index contributed by atoms with van der Waals surface area (Å²) in [4.78, 5) is 7.21. The minimum atomic E-state index is 0.595. The zero-order valence-corrected chi connectivity index (χ0v) is 18.2. The van der Waals surface area contributed by atoms with Crippen LogP contribution in [0.5, 0.6) is 5.75 Å². The Labute approximate surface area is 173 Å². The molecular weight excluding hydrogens is 368 g/mol. The first-order chi connectivity index (χ1) is 13.7. The van der Waals surface area contributed by atoms with Crippen LogP contribution in [0, 0.1) is 5.53 Å². The predicted octanol–water partition coefficient (Wildman–Crippen LogP) is 7.47. The van der Waals surface area contributed by atoms with E-state index in [-0.39, 0.29) is 0 Å². The lowest BCUT2D eigenvalue weighted by Gasteiger charge is -2.30. The third-order valence-electron chi connectivity index (χ3n) is 5.76. The SMILES string of the molecule is CCCCCCCCOc1cc2nc(N(C)C3CCCCC3)sc2cc1N=N. The maximum absolute atomic E-state index is 7.52. The number of anilines is 1. The predicted molar refractivity (Wildman–Crippen MR) is 119 cm³/mol. The normalized spacial score (nSPS) is 15.1. The van der Waals surface area contributed by atoms with Gasteiger partial charge in [0.15, 0.2) is 5.13 Å². The first-order valence-corrected chi connectivity index (χ1v) is 11.7. The van der Waals surface area contributed by atoms with Gasteiger partial charge in [0.05, 0.1) is 16.8 Å². The van der Waals surface area contributed by atoms with Crippen LogP contribution in [0.25, 0.3) is 10.2 Å². The van der Waals surface area contributed by atoms with Gasteiger partial charge in [0.2, 0.25) is 0 Å². The van der Waals surface area contributed by atoms with Gasteiger partial charge >= 0.3 is 0 Å². The van der Waals surface area contributed by atoms with Crippen LogP contribution in [0.3, 0.4) is 0 Å². The second kappa shape index (κ2) is 10.7. The van der Waals surface area contributed by atoms with Gasteiger partial charge in [-0.25, -0.2) is 10.5 Å². The first-order valence-electron chi connectivity index (χ1n) is 10.9. The van der Waals surface area contributed by atoms with E-state index in [1.54, 1.807) is 11.3 Å². The van der Waals surface area contributed by atoms with Crippen LogP contribution in [0.2, 0.25) is 0 Å². The van der Waals surface area contributed by atoms with Gasteiger partial charge in [-0.1, -0.05) is 69.6 Å². The van der Waals surface area contributed by atoms with E-state index in [0.717, 1.165) is 21.8 Å². The number of nitrogens with zero attached hydrogens (tertiary/aromatic N) is 3. The van der Waals surface area contributed by atoms with Crippen molar-refractivity contribution in [3.05, 3.63) is 12.1 Å². The molecule has 1 aliphatic rings. The highest BCUT2D eigenvalue weighted by Gasteiger charge is 2.21. The van der Waals surface area contributed by atoms with Gasteiger partial charge in [-0.15, -0.1) is 0 Å². The van der Waals surface area contributed by atoms with E-state index in [1.807, 2.05) is 12.1 Å². The molecular formula is C22H34N4OS. The molecule has 6 heteroatoms. The number of unbranched alkanes of at least 4 members (excludes halogenated alkanes) is 5. The van der Waals surface area contributed by atoms with Crippen LogP contribution in [0.1, 0.15) is 77.6 Å². The summed E-state index contributed by atoms with van der Waals surface area (Å²) in [6, 6.07) is 4.52. The fourth-order valence-corrected chi connectivity index (χ4v) is 4.99. The molecule has 1 saturated carbocycles. The second-order valence-corrected chi connectivity index (χ2v) is 8.92. The summed E-state index contributed by atoms with van der Waals surface area (Å²) in [5.41, 5.74) is 9.08. The van der Waals surface area contributed by atoms with Crippen LogP contribution in [-0.2, 0) is 0 Å². The van der Waals surface area contributed by atoms with E-state index in [4.69, 9.17) is 15.3 Å². The summed E-state index contributed by atoms with van der Waals surface area (Å²) < 4.78 is 7.05. The molecule has 0 spiro atoms.